The van der Waals surface area contributed by atoms with Gasteiger partial charge in [0.2, 0.25) is 0 Å². The summed E-state index contributed by atoms with van der Waals surface area (Å²) < 4.78 is 0. The molecule has 0 spiro atoms. The average Bonchev–Trinajstić information content (AvgIpc) is 2.97. The van der Waals surface area contributed by atoms with Gasteiger partial charge in [0, 0.05) is 31.1 Å². The van der Waals surface area contributed by atoms with Gasteiger partial charge in [-0.15, -0.1) is 11.3 Å². The first-order valence-electron chi connectivity index (χ1n) is 6.84. The second-order valence-electron chi connectivity index (χ2n) is 4.80. The SMILES string of the molecule is O=C(O)CCCNC(=O)N1CCCCC1c1nccs1. The summed E-state index contributed by atoms with van der Waals surface area (Å²) in [5, 5.41) is 14.3. The van der Waals surface area contributed by atoms with Crippen molar-refractivity contribution in [3.05, 3.63) is 16.6 Å². The van der Waals surface area contributed by atoms with Gasteiger partial charge in [0.05, 0.1) is 6.04 Å². The molecule has 1 unspecified atom stereocenters. The van der Waals surface area contributed by atoms with Crippen LogP contribution >= 0.6 is 11.3 Å². The molecule has 6 nitrogen and oxygen atoms in total. The second kappa shape index (κ2) is 7.23. The summed E-state index contributed by atoms with van der Waals surface area (Å²) in [7, 11) is 0. The van der Waals surface area contributed by atoms with Gasteiger partial charge in [0.25, 0.3) is 0 Å². The molecule has 1 aliphatic heterocycles. The number of carbonyl (C=O) groups excluding carboxylic acids is 1. The lowest BCUT2D eigenvalue weighted by atomic mass is 10.0. The van der Waals surface area contributed by atoms with E-state index in [0.29, 0.717) is 13.0 Å². The molecule has 110 valence electrons. The maximum atomic E-state index is 12.2. The number of piperidine rings is 1. The summed E-state index contributed by atoms with van der Waals surface area (Å²) in [5.74, 6) is -0.835. The zero-order valence-corrected chi connectivity index (χ0v) is 12.1. The number of aromatic nitrogens is 1. The lowest BCUT2D eigenvalue weighted by Gasteiger charge is -2.34. The molecular weight excluding hydrogens is 278 g/mol. The number of carbonyl (C=O) groups is 2. The van der Waals surface area contributed by atoms with Crippen LogP contribution in [0.4, 0.5) is 4.79 Å². The van der Waals surface area contributed by atoms with Crippen LogP contribution in [0.15, 0.2) is 11.6 Å². The fourth-order valence-corrected chi connectivity index (χ4v) is 3.15. The highest BCUT2D eigenvalue weighted by Gasteiger charge is 2.29. The Balaban J connectivity index is 1.87. The number of likely N-dealkylation sites (tertiary alicyclic amines) is 1. The van der Waals surface area contributed by atoms with Crippen molar-refractivity contribution in [1.82, 2.24) is 15.2 Å². The van der Waals surface area contributed by atoms with Gasteiger partial charge in [0.1, 0.15) is 5.01 Å². The number of aliphatic carboxylic acids is 1. The lowest BCUT2D eigenvalue weighted by molar-refractivity contribution is -0.137. The summed E-state index contributed by atoms with van der Waals surface area (Å²) in [6.07, 6.45) is 5.35. The Morgan fingerprint density at radius 3 is 3.05 bits per heavy atom. The largest absolute Gasteiger partial charge is 0.481 e. The standard InChI is InChI=1S/C13H19N3O3S/c17-11(18)5-3-6-15-13(19)16-8-2-1-4-10(16)12-14-7-9-20-12/h7,9-10H,1-6,8H2,(H,15,19)(H,17,18). The molecule has 2 N–H and O–H groups in total. The highest BCUT2D eigenvalue weighted by Crippen LogP contribution is 2.31. The molecule has 0 radical (unpaired) electrons. The van der Waals surface area contributed by atoms with E-state index in [9.17, 15) is 9.59 Å². The first-order valence-corrected chi connectivity index (χ1v) is 7.72. The Kier molecular flexibility index (Phi) is 5.34. The van der Waals surface area contributed by atoms with Gasteiger partial charge in [-0.3, -0.25) is 4.79 Å². The minimum Gasteiger partial charge on any atom is -0.481 e. The number of carboxylic acids is 1. The average molecular weight is 297 g/mol. The fourth-order valence-electron chi connectivity index (χ4n) is 2.37. The van der Waals surface area contributed by atoms with Crippen LogP contribution in [0, 0.1) is 0 Å². The van der Waals surface area contributed by atoms with Gasteiger partial charge in [-0.2, -0.15) is 0 Å². The number of thiazole rings is 1. The quantitative estimate of drug-likeness (QED) is 0.817. The molecular formula is C13H19N3O3S. The Labute approximate surface area is 121 Å². The number of carboxylic acid groups (broad SMARTS) is 1. The predicted molar refractivity (Wildman–Crippen MR) is 75.7 cm³/mol. The van der Waals surface area contributed by atoms with Gasteiger partial charge in [-0.25, -0.2) is 9.78 Å². The number of nitrogens with zero attached hydrogens (tertiary/aromatic N) is 2. The normalized spacial score (nSPS) is 18.8. The monoisotopic (exact) mass is 297 g/mol. The molecule has 2 heterocycles. The highest BCUT2D eigenvalue weighted by molar-refractivity contribution is 7.09. The molecule has 20 heavy (non-hydrogen) atoms. The summed E-state index contributed by atoms with van der Waals surface area (Å²) in [6, 6.07) is -0.0569. The molecule has 1 saturated heterocycles. The van der Waals surface area contributed by atoms with Crippen molar-refractivity contribution in [1.29, 1.82) is 0 Å². The number of hydrogen-bond acceptors (Lipinski definition) is 4. The number of amides is 2. The molecule has 0 saturated carbocycles. The third-order valence-electron chi connectivity index (χ3n) is 3.34. The smallest absolute Gasteiger partial charge is 0.317 e. The first-order chi connectivity index (χ1) is 9.68. The van der Waals surface area contributed by atoms with Crippen LogP contribution in [0.25, 0.3) is 0 Å². The van der Waals surface area contributed by atoms with Crippen LogP contribution in [0.2, 0.25) is 0 Å². The maximum Gasteiger partial charge on any atom is 0.317 e. The maximum absolute atomic E-state index is 12.2. The highest BCUT2D eigenvalue weighted by atomic mass is 32.1. The Morgan fingerprint density at radius 1 is 1.50 bits per heavy atom. The van der Waals surface area contributed by atoms with Crippen molar-refractivity contribution >= 4 is 23.3 Å². The predicted octanol–water partition coefficient (Wildman–Crippen LogP) is 2.24. The van der Waals surface area contributed by atoms with Crippen molar-refractivity contribution in [2.45, 2.75) is 38.1 Å². The lowest BCUT2D eigenvalue weighted by Crippen LogP contribution is -2.44. The summed E-state index contributed by atoms with van der Waals surface area (Å²) in [6.45, 7) is 1.13. The van der Waals surface area contributed by atoms with Crippen LogP contribution in [0.5, 0.6) is 0 Å². The third kappa shape index (κ3) is 3.93. The molecule has 1 aromatic rings. The van der Waals surface area contributed by atoms with Crippen molar-refractivity contribution in [2.75, 3.05) is 13.1 Å². The van der Waals surface area contributed by atoms with Crippen LogP contribution in [-0.4, -0.2) is 40.1 Å². The van der Waals surface area contributed by atoms with E-state index < -0.39 is 5.97 Å². The fraction of sp³-hybridized carbons (Fsp3) is 0.615. The molecule has 0 aliphatic carbocycles. The van der Waals surface area contributed by atoms with Crippen LogP contribution < -0.4 is 5.32 Å². The van der Waals surface area contributed by atoms with Crippen LogP contribution in [0.1, 0.15) is 43.2 Å². The van der Waals surface area contributed by atoms with Crippen LogP contribution in [0.3, 0.4) is 0 Å². The van der Waals surface area contributed by atoms with E-state index in [4.69, 9.17) is 5.11 Å². The first kappa shape index (κ1) is 14.8. The van der Waals surface area contributed by atoms with Gasteiger partial charge >= 0.3 is 12.0 Å². The summed E-state index contributed by atoms with van der Waals surface area (Å²) >= 11 is 1.57. The van der Waals surface area contributed by atoms with E-state index in [1.165, 1.54) is 0 Å². The van der Waals surface area contributed by atoms with E-state index in [1.807, 2.05) is 10.3 Å². The summed E-state index contributed by atoms with van der Waals surface area (Å²) in [5.41, 5.74) is 0. The molecule has 2 rings (SSSR count). The van der Waals surface area contributed by atoms with Gasteiger partial charge < -0.3 is 15.3 Å². The minimum absolute atomic E-state index is 0.0585. The molecule has 1 fully saturated rings. The zero-order valence-electron chi connectivity index (χ0n) is 11.2. The zero-order chi connectivity index (χ0) is 14.4. The van der Waals surface area contributed by atoms with Crippen molar-refractivity contribution in [2.24, 2.45) is 0 Å². The molecule has 7 heteroatoms. The number of nitrogens with one attached hydrogen (secondary N) is 1. The van der Waals surface area contributed by atoms with E-state index in [-0.39, 0.29) is 18.5 Å². The van der Waals surface area contributed by atoms with Crippen molar-refractivity contribution in [3.8, 4) is 0 Å². The molecule has 1 aromatic heterocycles. The van der Waals surface area contributed by atoms with Crippen molar-refractivity contribution in [3.63, 3.8) is 0 Å². The third-order valence-corrected chi connectivity index (χ3v) is 4.22. The molecule has 1 aliphatic rings. The number of hydrogen-bond donors (Lipinski definition) is 2. The Morgan fingerprint density at radius 2 is 2.35 bits per heavy atom. The molecule has 2 amide bonds. The van der Waals surface area contributed by atoms with Gasteiger partial charge in [-0.1, -0.05) is 0 Å². The Bertz CT molecular complexity index is 450. The van der Waals surface area contributed by atoms with E-state index in [2.05, 4.69) is 10.3 Å². The number of rotatable bonds is 5. The van der Waals surface area contributed by atoms with E-state index >= 15 is 0 Å². The van der Waals surface area contributed by atoms with Crippen LogP contribution in [-0.2, 0) is 4.79 Å². The topological polar surface area (TPSA) is 82.5 Å². The van der Waals surface area contributed by atoms with E-state index in [0.717, 1.165) is 30.8 Å². The Hall–Kier alpha value is -1.63. The van der Waals surface area contributed by atoms with Crippen molar-refractivity contribution < 1.29 is 14.7 Å². The van der Waals surface area contributed by atoms with Gasteiger partial charge in [0.15, 0.2) is 0 Å². The second-order valence-corrected chi connectivity index (χ2v) is 5.73. The molecule has 1 atom stereocenters. The van der Waals surface area contributed by atoms with Gasteiger partial charge in [-0.05, 0) is 25.7 Å². The number of urea groups is 1. The van der Waals surface area contributed by atoms with E-state index in [1.54, 1.807) is 17.5 Å². The minimum atomic E-state index is -0.835. The summed E-state index contributed by atoms with van der Waals surface area (Å²) in [4.78, 5) is 28.7. The molecule has 0 bridgehead atoms. The molecule has 0 aromatic carbocycles.